The van der Waals surface area contributed by atoms with Crippen LogP contribution in [0.25, 0.3) is 0 Å². The highest BCUT2D eigenvalue weighted by Crippen LogP contribution is 2.30. The molecule has 0 radical (unpaired) electrons. The fourth-order valence-electron chi connectivity index (χ4n) is 2.01. The molecule has 1 aromatic rings. The van der Waals surface area contributed by atoms with Crippen LogP contribution in [0.5, 0.6) is 0 Å². The van der Waals surface area contributed by atoms with Gasteiger partial charge in [0, 0.05) is 12.6 Å². The average Bonchev–Trinajstić information content (AvgIpc) is 3.05. The van der Waals surface area contributed by atoms with E-state index in [4.69, 9.17) is 0 Å². The maximum Gasteiger partial charge on any atom is 0.283 e. The van der Waals surface area contributed by atoms with Gasteiger partial charge in [0.1, 0.15) is 4.47 Å². The Morgan fingerprint density at radius 3 is 2.76 bits per heavy atom. The molecule has 0 unspecified atom stereocenters. The van der Waals surface area contributed by atoms with Crippen molar-refractivity contribution in [1.29, 1.82) is 0 Å². The van der Waals surface area contributed by atoms with Gasteiger partial charge in [0.05, 0.1) is 11.9 Å². The van der Waals surface area contributed by atoms with Crippen LogP contribution in [0.4, 0.5) is 5.69 Å². The zero-order valence-corrected chi connectivity index (χ0v) is 11.2. The lowest BCUT2D eigenvalue weighted by Crippen LogP contribution is -2.30. The Hall–Kier alpha value is -0.840. The predicted octanol–water partition coefficient (Wildman–Crippen LogP) is 2.38. The van der Waals surface area contributed by atoms with Gasteiger partial charge in [0.15, 0.2) is 0 Å². The average molecular weight is 298 g/mol. The second-order valence-corrected chi connectivity index (χ2v) is 5.87. The van der Waals surface area contributed by atoms with Crippen LogP contribution in [0.2, 0.25) is 0 Å². The number of aromatic nitrogens is 2. The molecule has 2 aliphatic rings. The third-order valence-corrected chi connectivity index (χ3v) is 4.34. The highest BCUT2D eigenvalue weighted by molar-refractivity contribution is 9.10. The maximum absolute atomic E-state index is 12.1. The van der Waals surface area contributed by atoms with E-state index in [1.54, 1.807) is 10.9 Å². The van der Waals surface area contributed by atoms with E-state index in [0.717, 1.165) is 12.2 Å². The molecule has 0 spiro atoms. The molecule has 3 rings (SSSR count). The highest BCUT2D eigenvalue weighted by atomic mass is 79.9. The van der Waals surface area contributed by atoms with Gasteiger partial charge in [0.25, 0.3) is 5.56 Å². The summed E-state index contributed by atoms with van der Waals surface area (Å²) in [6, 6.07) is 0.520. The molecule has 0 aliphatic heterocycles. The first-order chi connectivity index (χ1) is 8.24. The van der Waals surface area contributed by atoms with Gasteiger partial charge in [-0.3, -0.25) is 4.79 Å². The first kappa shape index (κ1) is 11.3. The first-order valence-electron chi connectivity index (χ1n) is 6.26. The summed E-state index contributed by atoms with van der Waals surface area (Å²) in [5.74, 6) is 0.664. The summed E-state index contributed by atoms with van der Waals surface area (Å²) >= 11 is 3.39. The fourth-order valence-corrected chi connectivity index (χ4v) is 2.43. The molecule has 5 heteroatoms. The van der Waals surface area contributed by atoms with Gasteiger partial charge in [-0.25, -0.2) is 4.68 Å². The van der Waals surface area contributed by atoms with E-state index in [-0.39, 0.29) is 5.56 Å². The van der Waals surface area contributed by atoms with Gasteiger partial charge >= 0.3 is 0 Å². The number of hydrogen-bond acceptors (Lipinski definition) is 3. The van der Waals surface area contributed by atoms with Gasteiger partial charge in [-0.15, -0.1) is 0 Å². The van der Waals surface area contributed by atoms with Crippen molar-refractivity contribution in [2.75, 3.05) is 5.32 Å². The topological polar surface area (TPSA) is 46.9 Å². The summed E-state index contributed by atoms with van der Waals surface area (Å²) in [5.41, 5.74) is 0.827. The van der Waals surface area contributed by atoms with E-state index in [2.05, 4.69) is 26.3 Å². The van der Waals surface area contributed by atoms with E-state index < -0.39 is 0 Å². The molecule has 2 fully saturated rings. The molecule has 17 heavy (non-hydrogen) atoms. The number of hydrogen-bond donors (Lipinski definition) is 1. The van der Waals surface area contributed by atoms with E-state index >= 15 is 0 Å². The van der Waals surface area contributed by atoms with Crippen molar-refractivity contribution in [3.8, 4) is 0 Å². The lowest BCUT2D eigenvalue weighted by atomic mass is 9.93. The Labute approximate surface area is 109 Å². The molecule has 2 aliphatic carbocycles. The minimum Gasteiger partial charge on any atom is -0.380 e. The molecule has 1 aromatic heterocycles. The second kappa shape index (κ2) is 4.44. The third kappa shape index (κ3) is 2.39. The van der Waals surface area contributed by atoms with Crippen LogP contribution in [-0.4, -0.2) is 15.8 Å². The molecule has 4 nitrogen and oxygen atoms in total. The minimum absolute atomic E-state index is 0.0128. The normalized spacial score (nSPS) is 20.1. The lowest BCUT2D eigenvalue weighted by Gasteiger charge is -2.27. The molecule has 92 valence electrons. The molecule has 0 aromatic carbocycles. The van der Waals surface area contributed by atoms with E-state index in [0.29, 0.717) is 16.4 Å². The quantitative estimate of drug-likeness (QED) is 0.928. The van der Waals surface area contributed by atoms with Crippen LogP contribution in [0.1, 0.15) is 32.1 Å². The van der Waals surface area contributed by atoms with Crippen molar-refractivity contribution in [2.24, 2.45) is 5.92 Å². The van der Waals surface area contributed by atoms with Crippen molar-refractivity contribution in [2.45, 2.75) is 44.7 Å². The number of halogens is 1. The SMILES string of the molecule is O=c1c(Br)c(NC2CCC2)cnn1CC1CC1. The van der Waals surface area contributed by atoms with Gasteiger partial charge in [-0.1, -0.05) is 0 Å². The van der Waals surface area contributed by atoms with E-state index in [1.165, 1.54) is 32.1 Å². The summed E-state index contributed by atoms with van der Waals surface area (Å²) in [7, 11) is 0. The van der Waals surface area contributed by atoms with Crippen molar-refractivity contribution in [3.05, 3.63) is 21.0 Å². The lowest BCUT2D eigenvalue weighted by molar-refractivity contribution is 0.444. The van der Waals surface area contributed by atoms with Crippen molar-refractivity contribution in [1.82, 2.24) is 9.78 Å². The number of rotatable bonds is 4. The van der Waals surface area contributed by atoms with Crippen LogP contribution in [0, 0.1) is 5.92 Å². The van der Waals surface area contributed by atoms with Crippen LogP contribution in [-0.2, 0) is 6.54 Å². The molecule has 0 saturated heterocycles. The van der Waals surface area contributed by atoms with Crippen molar-refractivity contribution < 1.29 is 0 Å². The summed E-state index contributed by atoms with van der Waals surface area (Å²) < 4.78 is 2.20. The number of nitrogens with one attached hydrogen (secondary N) is 1. The summed E-state index contributed by atoms with van der Waals surface area (Å²) in [6.45, 7) is 0.765. The molecular weight excluding hydrogens is 282 g/mol. The van der Waals surface area contributed by atoms with Gasteiger partial charge in [-0.05, 0) is 54.0 Å². The van der Waals surface area contributed by atoms with Crippen molar-refractivity contribution in [3.63, 3.8) is 0 Å². The third-order valence-electron chi connectivity index (χ3n) is 3.58. The van der Waals surface area contributed by atoms with Crippen molar-refractivity contribution >= 4 is 21.6 Å². The standard InChI is InChI=1S/C12H16BrN3O/c13-11-10(15-9-2-1-3-9)6-14-16(12(11)17)7-8-4-5-8/h6,8-9,15H,1-5,7H2. The first-order valence-corrected chi connectivity index (χ1v) is 7.05. The van der Waals surface area contributed by atoms with Gasteiger partial charge in [0.2, 0.25) is 0 Å². The fraction of sp³-hybridized carbons (Fsp3) is 0.667. The highest BCUT2D eigenvalue weighted by Gasteiger charge is 2.24. The second-order valence-electron chi connectivity index (χ2n) is 5.08. The Kier molecular flexibility index (Phi) is 2.94. The summed E-state index contributed by atoms with van der Waals surface area (Å²) in [4.78, 5) is 12.1. The Morgan fingerprint density at radius 2 is 2.18 bits per heavy atom. The molecule has 1 N–H and O–H groups in total. The van der Waals surface area contributed by atoms with Crippen LogP contribution in [0.15, 0.2) is 15.5 Å². The Bertz CT molecular complexity index is 477. The monoisotopic (exact) mass is 297 g/mol. The van der Waals surface area contributed by atoms with Crippen LogP contribution >= 0.6 is 15.9 Å². The molecule has 0 atom stereocenters. The number of nitrogens with zero attached hydrogens (tertiary/aromatic N) is 2. The zero-order valence-electron chi connectivity index (χ0n) is 9.66. The van der Waals surface area contributed by atoms with Gasteiger partial charge < -0.3 is 5.32 Å². The number of anilines is 1. The molecule has 1 heterocycles. The van der Waals surface area contributed by atoms with Crippen LogP contribution in [0.3, 0.4) is 0 Å². The Balaban J connectivity index is 1.80. The molecular formula is C12H16BrN3O. The predicted molar refractivity (Wildman–Crippen MR) is 70.2 cm³/mol. The maximum atomic E-state index is 12.1. The molecule has 0 bridgehead atoms. The summed E-state index contributed by atoms with van der Waals surface area (Å²) in [5, 5.41) is 7.60. The summed E-state index contributed by atoms with van der Waals surface area (Å²) in [6.07, 6.45) is 7.89. The van der Waals surface area contributed by atoms with E-state index in [9.17, 15) is 4.79 Å². The van der Waals surface area contributed by atoms with E-state index in [1.807, 2.05) is 0 Å². The molecule has 0 amide bonds. The van der Waals surface area contributed by atoms with Crippen LogP contribution < -0.4 is 10.9 Å². The largest absolute Gasteiger partial charge is 0.380 e. The zero-order chi connectivity index (χ0) is 11.8. The Morgan fingerprint density at radius 1 is 1.41 bits per heavy atom. The minimum atomic E-state index is -0.0128. The molecule has 2 saturated carbocycles. The smallest absolute Gasteiger partial charge is 0.283 e. The van der Waals surface area contributed by atoms with Gasteiger partial charge in [-0.2, -0.15) is 5.10 Å².